The monoisotopic (exact) mass is 444 g/mol. The van der Waals surface area contributed by atoms with Crippen molar-refractivity contribution in [1.29, 1.82) is 0 Å². The van der Waals surface area contributed by atoms with Crippen molar-refractivity contribution >= 4 is 6.09 Å². The van der Waals surface area contributed by atoms with E-state index in [0.29, 0.717) is 11.3 Å². The lowest BCUT2D eigenvalue weighted by molar-refractivity contribution is -0.0791. The summed E-state index contributed by atoms with van der Waals surface area (Å²) in [4.78, 5) is 18.0. The Balaban J connectivity index is 1.80. The molecule has 1 fully saturated rings. The van der Waals surface area contributed by atoms with Crippen molar-refractivity contribution in [2.45, 2.75) is 70.6 Å². The first-order valence-electron chi connectivity index (χ1n) is 10.3. The number of amides is 1. The summed E-state index contributed by atoms with van der Waals surface area (Å²) in [7, 11) is 1.57. The van der Waals surface area contributed by atoms with Gasteiger partial charge >= 0.3 is 6.09 Å². The Labute approximate surface area is 179 Å². The van der Waals surface area contributed by atoms with Crippen LogP contribution in [0.15, 0.2) is 23.8 Å². The lowest BCUT2D eigenvalue weighted by Crippen LogP contribution is -2.40. The average Bonchev–Trinajstić information content (AvgIpc) is 2.71. The Hall–Kier alpha value is -2.16. The fourth-order valence-electron chi connectivity index (χ4n) is 3.98. The van der Waals surface area contributed by atoms with Crippen molar-refractivity contribution in [2.24, 2.45) is 5.92 Å². The number of rotatable bonds is 3. The molecule has 1 aliphatic carbocycles. The first-order chi connectivity index (χ1) is 14.4. The summed E-state index contributed by atoms with van der Waals surface area (Å²) in [5.41, 5.74) is -0.128. The molecule has 1 aromatic heterocycles. The van der Waals surface area contributed by atoms with Gasteiger partial charge < -0.3 is 14.4 Å². The van der Waals surface area contributed by atoms with Crippen molar-refractivity contribution in [3.8, 4) is 0 Å². The molecule has 1 aromatic rings. The van der Waals surface area contributed by atoms with Crippen molar-refractivity contribution in [3.05, 3.63) is 40.7 Å². The molecule has 2 heterocycles. The molecule has 0 saturated heterocycles. The largest absolute Gasteiger partial charge is 0.444 e. The molecular weight excluding hydrogens is 416 g/mol. The molecule has 0 radical (unpaired) electrons. The normalized spacial score (nSPS) is 22.0. The summed E-state index contributed by atoms with van der Waals surface area (Å²) in [6.07, 6.45) is -2.39. The fourth-order valence-corrected chi connectivity index (χ4v) is 3.98. The van der Waals surface area contributed by atoms with Crippen molar-refractivity contribution in [3.63, 3.8) is 0 Å². The van der Waals surface area contributed by atoms with E-state index in [1.807, 2.05) is 0 Å². The van der Waals surface area contributed by atoms with Crippen LogP contribution in [0.25, 0.3) is 0 Å². The molecule has 31 heavy (non-hydrogen) atoms. The van der Waals surface area contributed by atoms with Crippen LogP contribution >= 0.6 is 0 Å². The van der Waals surface area contributed by atoms with Gasteiger partial charge in [-0.2, -0.15) is 17.6 Å². The number of likely N-dealkylation sites (N-methyl/N-ethyl adjacent to an activating group) is 1. The molecule has 0 N–H and O–H groups in total. The van der Waals surface area contributed by atoms with Gasteiger partial charge in [-0.1, -0.05) is 6.07 Å². The number of halogens is 4. The number of ether oxygens (including phenoxy) is 2. The predicted octanol–water partition coefficient (Wildman–Crippen LogP) is 5.95. The standard InChI is InChI=1S/C22H28F4N2O3/c1-21(2,3)31-20(29)28(4)17-12-30-11-16-15(17)9-10-18(27-16)22(25,26)14-7-5-13(6-8-14)19(23)24/h9-10,14,17H,5-8,11-12H2,1-4H3. The van der Waals surface area contributed by atoms with Gasteiger partial charge in [-0.25, -0.2) is 9.78 Å². The fraction of sp³-hybridized carbons (Fsp3) is 0.636. The second-order valence-electron chi connectivity index (χ2n) is 9.12. The lowest BCUT2D eigenvalue weighted by Gasteiger charge is -2.35. The highest BCUT2D eigenvalue weighted by molar-refractivity contribution is 5.68. The summed E-state index contributed by atoms with van der Waals surface area (Å²) >= 11 is 0. The maximum absolute atomic E-state index is 15.1. The summed E-state index contributed by atoms with van der Waals surface area (Å²) in [5, 5.41) is 0. The smallest absolute Gasteiger partial charge is 0.410 e. The SMILES string of the molecule is CN(C(=O)OC(C)(C)C)C1COCc2nc(C(F)(F)C3CCC(=C(F)F)CC3)ccc21. The van der Waals surface area contributed by atoms with Gasteiger partial charge in [-0.3, -0.25) is 0 Å². The molecule has 0 aromatic carbocycles. The molecule has 0 spiro atoms. The van der Waals surface area contributed by atoms with Crippen LogP contribution in [0.2, 0.25) is 0 Å². The van der Waals surface area contributed by atoms with Gasteiger partial charge in [-0.05, 0) is 58.1 Å². The van der Waals surface area contributed by atoms with Gasteiger partial charge in [0, 0.05) is 18.5 Å². The molecular formula is C22H28F4N2O3. The topological polar surface area (TPSA) is 51.7 Å². The summed E-state index contributed by atoms with van der Waals surface area (Å²) in [6, 6.07) is 2.31. The Morgan fingerprint density at radius 2 is 1.84 bits per heavy atom. The highest BCUT2D eigenvalue weighted by atomic mass is 19.3. The molecule has 1 amide bonds. The van der Waals surface area contributed by atoms with Gasteiger partial charge in [0.2, 0.25) is 0 Å². The zero-order valence-corrected chi connectivity index (χ0v) is 18.2. The second-order valence-corrected chi connectivity index (χ2v) is 9.12. The van der Waals surface area contributed by atoms with Crippen molar-refractivity contribution < 1.29 is 31.8 Å². The lowest BCUT2D eigenvalue weighted by atomic mass is 9.81. The van der Waals surface area contributed by atoms with E-state index >= 15 is 8.78 Å². The Kier molecular flexibility index (Phi) is 6.64. The molecule has 1 aliphatic heterocycles. The quantitative estimate of drug-likeness (QED) is 0.541. The van der Waals surface area contributed by atoms with Crippen molar-refractivity contribution in [1.82, 2.24) is 9.88 Å². The van der Waals surface area contributed by atoms with Gasteiger partial charge in [0.1, 0.15) is 11.3 Å². The maximum atomic E-state index is 15.1. The Bertz CT molecular complexity index is 853. The van der Waals surface area contributed by atoms with Crippen LogP contribution in [-0.2, 0) is 22.0 Å². The van der Waals surface area contributed by atoms with Gasteiger partial charge in [0.25, 0.3) is 12.0 Å². The number of aromatic nitrogens is 1. The third-order valence-corrected chi connectivity index (χ3v) is 5.74. The Morgan fingerprint density at radius 3 is 2.42 bits per heavy atom. The first-order valence-corrected chi connectivity index (χ1v) is 10.3. The van der Waals surface area contributed by atoms with Crippen LogP contribution in [0.1, 0.15) is 69.4 Å². The molecule has 1 saturated carbocycles. The van der Waals surface area contributed by atoms with Crippen LogP contribution < -0.4 is 0 Å². The van der Waals surface area contributed by atoms with Crippen LogP contribution in [0, 0.1) is 5.92 Å². The van der Waals surface area contributed by atoms with E-state index < -0.39 is 41.4 Å². The highest BCUT2D eigenvalue weighted by Crippen LogP contribution is 2.45. The number of nitrogens with zero attached hydrogens (tertiary/aromatic N) is 2. The number of carbonyl (C=O) groups is 1. The third-order valence-electron chi connectivity index (χ3n) is 5.74. The van der Waals surface area contributed by atoms with E-state index in [2.05, 4.69) is 4.98 Å². The number of hydrogen-bond acceptors (Lipinski definition) is 4. The number of allylic oxidation sites excluding steroid dienone is 1. The third kappa shape index (κ3) is 5.19. The van der Waals surface area contributed by atoms with E-state index in [0.717, 1.165) is 0 Å². The maximum Gasteiger partial charge on any atom is 0.410 e. The molecule has 0 bridgehead atoms. The highest BCUT2D eigenvalue weighted by Gasteiger charge is 2.44. The van der Waals surface area contributed by atoms with Gasteiger partial charge in [0.05, 0.1) is 24.9 Å². The minimum absolute atomic E-state index is 0.0149. The van der Waals surface area contributed by atoms with Gasteiger partial charge in [0.15, 0.2) is 0 Å². The minimum atomic E-state index is -3.24. The molecule has 2 aliphatic rings. The molecule has 1 atom stereocenters. The summed E-state index contributed by atoms with van der Waals surface area (Å²) in [6.45, 7) is 5.53. The first kappa shape index (κ1) is 23.5. The van der Waals surface area contributed by atoms with Crippen LogP contribution in [0.3, 0.4) is 0 Å². The average molecular weight is 444 g/mol. The van der Waals surface area contributed by atoms with Crippen LogP contribution in [0.4, 0.5) is 22.4 Å². The van der Waals surface area contributed by atoms with Crippen molar-refractivity contribution in [2.75, 3.05) is 13.7 Å². The van der Waals surface area contributed by atoms with E-state index in [1.165, 1.54) is 11.0 Å². The minimum Gasteiger partial charge on any atom is -0.444 e. The van der Waals surface area contributed by atoms with E-state index in [4.69, 9.17) is 9.47 Å². The molecule has 172 valence electrons. The number of carbonyl (C=O) groups excluding carboxylic acids is 1. The number of alkyl halides is 2. The zero-order valence-electron chi connectivity index (χ0n) is 18.2. The number of hydrogen-bond donors (Lipinski definition) is 0. The molecule has 5 nitrogen and oxygen atoms in total. The van der Waals surface area contributed by atoms with E-state index in [1.54, 1.807) is 33.9 Å². The summed E-state index contributed by atoms with van der Waals surface area (Å²) < 4.78 is 66.6. The predicted molar refractivity (Wildman–Crippen MR) is 106 cm³/mol. The second kappa shape index (κ2) is 8.76. The molecule has 3 rings (SSSR count). The van der Waals surface area contributed by atoms with Gasteiger partial charge in [-0.15, -0.1) is 0 Å². The summed E-state index contributed by atoms with van der Waals surface area (Å²) in [5.74, 6) is -4.29. The zero-order chi connectivity index (χ0) is 23.0. The Morgan fingerprint density at radius 1 is 1.19 bits per heavy atom. The van der Waals surface area contributed by atoms with E-state index in [-0.39, 0.29) is 44.5 Å². The van der Waals surface area contributed by atoms with E-state index in [9.17, 15) is 13.6 Å². The number of fused-ring (bicyclic) bond motifs is 1. The molecule has 9 heteroatoms. The van der Waals surface area contributed by atoms with Crippen LogP contribution in [0.5, 0.6) is 0 Å². The number of pyridine rings is 1. The molecule has 1 unspecified atom stereocenters. The van der Waals surface area contributed by atoms with Crippen LogP contribution in [-0.4, -0.2) is 35.2 Å².